The Bertz CT molecular complexity index is 519. The van der Waals surface area contributed by atoms with Crippen LogP contribution in [0.1, 0.15) is 27.2 Å². The number of fused-ring (bicyclic) bond motifs is 1. The average molecular weight is 280 g/mol. The zero-order chi connectivity index (χ0) is 13.1. The second-order valence-corrected chi connectivity index (χ2v) is 6.85. The monoisotopic (exact) mass is 280 g/mol. The molecule has 1 unspecified atom stereocenters. The fourth-order valence-corrected chi connectivity index (χ4v) is 3.56. The molecular formula is C14H20N2S2. The van der Waals surface area contributed by atoms with Crippen molar-refractivity contribution >= 4 is 39.0 Å². The summed E-state index contributed by atoms with van der Waals surface area (Å²) in [4.78, 5) is 4.56. The molecule has 98 valence electrons. The number of hydrogen-bond donors (Lipinski definition) is 1. The molecule has 2 rings (SSSR count). The predicted molar refractivity (Wildman–Crippen MR) is 83.9 cm³/mol. The number of thioether (sulfide) groups is 1. The molecule has 2 aromatic rings. The molecule has 1 heterocycles. The Morgan fingerprint density at radius 2 is 2.17 bits per heavy atom. The van der Waals surface area contributed by atoms with Crippen molar-refractivity contribution in [3.63, 3.8) is 0 Å². The van der Waals surface area contributed by atoms with Gasteiger partial charge < -0.3 is 5.32 Å². The fourth-order valence-electron chi connectivity index (χ4n) is 2.03. The Morgan fingerprint density at radius 3 is 2.78 bits per heavy atom. The topological polar surface area (TPSA) is 24.9 Å². The Balaban J connectivity index is 2.23. The van der Waals surface area contributed by atoms with Crippen LogP contribution >= 0.6 is 23.1 Å². The predicted octanol–water partition coefficient (Wildman–Crippen LogP) is 4.86. The standard InChI is InChI=1S/C14H20N2S2/c1-5-11(9(2)3)15-10-6-7-12-13(8-10)18-14(16-12)17-4/h6-9,11,15H,5H2,1-4H3. The Labute approximate surface area is 117 Å². The maximum atomic E-state index is 4.56. The second kappa shape index (κ2) is 5.93. The Morgan fingerprint density at radius 1 is 1.39 bits per heavy atom. The van der Waals surface area contributed by atoms with Crippen LogP contribution in [0, 0.1) is 5.92 Å². The van der Waals surface area contributed by atoms with E-state index in [4.69, 9.17) is 0 Å². The van der Waals surface area contributed by atoms with Gasteiger partial charge in [0.1, 0.15) is 0 Å². The van der Waals surface area contributed by atoms with Crippen LogP contribution in [0.15, 0.2) is 22.5 Å². The lowest BCUT2D eigenvalue weighted by atomic mass is 10.0. The third kappa shape index (κ3) is 2.98. The highest BCUT2D eigenvalue weighted by Gasteiger charge is 2.11. The quantitative estimate of drug-likeness (QED) is 0.791. The van der Waals surface area contributed by atoms with Crippen LogP contribution in [-0.2, 0) is 0 Å². The molecule has 0 fully saturated rings. The van der Waals surface area contributed by atoms with Gasteiger partial charge in [-0.2, -0.15) is 0 Å². The highest BCUT2D eigenvalue weighted by atomic mass is 32.2. The molecule has 0 amide bonds. The van der Waals surface area contributed by atoms with Crippen molar-refractivity contribution in [2.75, 3.05) is 11.6 Å². The smallest absolute Gasteiger partial charge is 0.150 e. The minimum Gasteiger partial charge on any atom is -0.382 e. The van der Waals surface area contributed by atoms with Gasteiger partial charge in [-0.05, 0) is 36.8 Å². The highest BCUT2D eigenvalue weighted by molar-refractivity contribution is 8.00. The lowest BCUT2D eigenvalue weighted by molar-refractivity contribution is 0.511. The van der Waals surface area contributed by atoms with Gasteiger partial charge in [-0.3, -0.25) is 0 Å². The lowest BCUT2D eigenvalue weighted by Crippen LogP contribution is -2.24. The van der Waals surface area contributed by atoms with E-state index in [1.807, 2.05) is 0 Å². The second-order valence-electron chi connectivity index (χ2n) is 4.77. The van der Waals surface area contributed by atoms with Crippen molar-refractivity contribution in [1.82, 2.24) is 4.98 Å². The summed E-state index contributed by atoms with van der Waals surface area (Å²) < 4.78 is 2.40. The van der Waals surface area contributed by atoms with Crippen molar-refractivity contribution in [1.29, 1.82) is 0 Å². The molecule has 0 radical (unpaired) electrons. The summed E-state index contributed by atoms with van der Waals surface area (Å²) in [7, 11) is 0. The van der Waals surface area contributed by atoms with Crippen LogP contribution in [0.2, 0.25) is 0 Å². The minimum atomic E-state index is 0.537. The van der Waals surface area contributed by atoms with E-state index in [1.165, 1.54) is 10.4 Å². The molecule has 0 saturated heterocycles. The van der Waals surface area contributed by atoms with Crippen molar-refractivity contribution < 1.29 is 0 Å². The molecule has 0 saturated carbocycles. The van der Waals surface area contributed by atoms with Gasteiger partial charge in [-0.15, -0.1) is 11.3 Å². The van der Waals surface area contributed by atoms with E-state index in [-0.39, 0.29) is 0 Å². The van der Waals surface area contributed by atoms with Gasteiger partial charge in [0.05, 0.1) is 10.2 Å². The zero-order valence-corrected chi connectivity index (χ0v) is 13.0. The van der Waals surface area contributed by atoms with E-state index in [9.17, 15) is 0 Å². The molecule has 1 aromatic carbocycles. The SMILES string of the molecule is CCC(Nc1ccc2nc(SC)sc2c1)C(C)C. The number of thiazole rings is 1. The van der Waals surface area contributed by atoms with Crippen LogP contribution in [-0.4, -0.2) is 17.3 Å². The van der Waals surface area contributed by atoms with Crippen LogP contribution in [0.3, 0.4) is 0 Å². The Hall–Kier alpha value is -0.740. The molecule has 0 aliphatic carbocycles. The Kier molecular flexibility index (Phi) is 4.51. The summed E-state index contributed by atoms with van der Waals surface area (Å²) in [5.74, 6) is 0.647. The molecule has 1 atom stereocenters. The molecular weight excluding hydrogens is 260 g/mol. The first-order valence-electron chi connectivity index (χ1n) is 6.35. The van der Waals surface area contributed by atoms with E-state index < -0.39 is 0 Å². The molecule has 4 heteroatoms. The third-order valence-electron chi connectivity index (χ3n) is 3.14. The molecule has 1 N–H and O–H groups in total. The summed E-state index contributed by atoms with van der Waals surface area (Å²) in [6.45, 7) is 6.76. The molecule has 0 spiro atoms. The van der Waals surface area contributed by atoms with Crippen molar-refractivity contribution in [3.8, 4) is 0 Å². The number of hydrogen-bond acceptors (Lipinski definition) is 4. The van der Waals surface area contributed by atoms with Crippen molar-refractivity contribution in [3.05, 3.63) is 18.2 Å². The van der Waals surface area contributed by atoms with Gasteiger partial charge >= 0.3 is 0 Å². The van der Waals surface area contributed by atoms with Gasteiger partial charge in [0.2, 0.25) is 0 Å². The van der Waals surface area contributed by atoms with Crippen LogP contribution in [0.4, 0.5) is 5.69 Å². The van der Waals surface area contributed by atoms with Crippen LogP contribution < -0.4 is 5.32 Å². The minimum absolute atomic E-state index is 0.537. The summed E-state index contributed by atoms with van der Waals surface area (Å²) in [5.41, 5.74) is 2.31. The van der Waals surface area contributed by atoms with Crippen LogP contribution in [0.25, 0.3) is 10.2 Å². The molecule has 18 heavy (non-hydrogen) atoms. The van der Waals surface area contributed by atoms with Crippen molar-refractivity contribution in [2.45, 2.75) is 37.6 Å². The van der Waals surface area contributed by atoms with Gasteiger partial charge in [-0.25, -0.2) is 4.98 Å². The third-order valence-corrected chi connectivity index (χ3v) is 5.14. The number of nitrogens with one attached hydrogen (secondary N) is 1. The number of anilines is 1. The first-order chi connectivity index (χ1) is 8.63. The normalized spacial score (nSPS) is 13.2. The maximum Gasteiger partial charge on any atom is 0.150 e. The molecule has 2 nitrogen and oxygen atoms in total. The van der Waals surface area contributed by atoms with E-state index in [0.717, 1.165) is 16.3 Å². The highest BCUT2D eigenvalue weighted by Crippen LogP contribution is 2.30. The van der Waals surface area contributed by atoms with Gasteiger partial charge in [0.25, 0.3) is 0 Å². The molecule has 1 aromatic heterocycles. The van der Waals surface area contributed by atoms with Gasteiger partial charge in [0, 0.05) is 11.7 Å². The number of rotatable bonds is 5. The van der Waals surface area contributed by atoms with Crippen LogP contribution in [0.5, 0.6) is 0 Å². The molecule has 0 aliphatic heterocycles. The van der Waals surface area contributed by atoms with Gasteiger partial charge in [-0.1, -0.05) is 32.5 Å². The first kappa shape index (κ1) is 13.7. The average Bonchev–Trinajstić information content (AvgIpc) is 2.77. The summed E-state index contributed by atoms with van der Waals surface area (Å²) in [5, 5.41) is 3.62. The largest absolute Gasteiger partial charge is 0.382 e. The summed E-state index contributed by atoms with van der Waals surface area (Å²) >= 11 is 3.48. The molecule has 0 aliphatic rings. The number of aromatic nitrogens is 1. The lowest BCUT2D eigenvalue weighted by Gasteiger charge is -2.21. The van der Waals surface area contributed by atoms with E-state index in [1.54, 1.807) is 23.1 Å². The van der Waals surface area contributed by atoms with Gasteiger partial charge in [0.15, 0.2) is 4.34 Å². The first-order valence-corrected chi connectivity index (χ1v) is 8.39. The fraction of sp³-hybridized carbons (Fsp3) is 0.500. The van der Waals surface area contributed by atoms with E-state index >= 15 is 0 Å². The molecule has 0 bridgehead atoms. The summed E-state index contributed by atoms with van der Waals surface area (Å²) in [6.07, 6.45) is 3.22. The zero-order valence-electron chi connectivity index (χ0n) is 11.4. The van der Waals surface area contributed by atoms with E-state index in [2.05, 4.69) is 55.5 Å². The number of benzene rings is 1. The maximum absolute atomic E-state index is 4.56. The van der Waals surface area contributed by atoms with E-state index in [0.29, 0.717) is 12.0 Å². The summed E-state index contributed by atoms with van der Waals surface area (Å²) in [6, 6.07) is 7.01. The number of nitrogens with zero attached hydrogens (tertiary/aromatic N) is 1. The van der Waals surface area contributed by atoms with Crippen molar-refractivity contribution in [2.24, 2.45) is 5.92 Å².